The minimum absolute atomic E-state index is 0.998. The van der Waals surface area contributed by atoms with Crippen LogP contribution in [0.2, 0.25) is 0 Å². The van der Waals surface area contributed by atoms with Crippen LogP contribution in [0.3, 0.4) is 0 Å². The number of nitrogens with zero attached hydrogens (tertiary/aromatic N) is 4. The molecule has 20 heavy (non-hydrogen) atoms. The van der Waals surface area contributed by atoms with Crippen LogP contribution in [0.15, 0.2) is 73.4 Å². The maximum atomic E-state index is 4.07. The molecule has 0 unspecified atom stereocenters. The van der Waals surface area contributed by atoms with Crippen LogP contribution < -0.4 is 0 Å². The summed E-state index contributed by atoms with van der Waals surface area (Å²) in [7, 11) is 0. The highest BCUT2D eigenvalue weighted by Crippen LogP contribution is 2.08. The minimum Gasteiger partial charge on any atom is -0.244 e. The van der Waals surface area contributed by atoms with Gasteiger partial charge in [0, 0.05) is 22.4 Å². The summed E-state index contributed by atoms with van der Waals surface area (Å²) in [6.07, 6.45) is 6.88. The van der Waals surface area contributed by atoms with Crippen LogP contribution in [-0.2, 0) is 0 Å². The first kappa shape index (κ1) is 12.2. The Balaban J connectivity index is 0.000000121. The highest BCUT2D eigenvalue weighted by atomic mass is 15.1. The van der Waals surface area contributed by atoms with E-state index in [1.165, 1.54) is 0 Å². The number of benzene rings is 2. The molecule has 96 valence electrons. The van der Waals surface area contributed by atoms with E-state index in [1.807, 2.05) is 54.7 Å². The van der Waals surface area contributed by atoms with Crippen molar-refractivity contribution in [2.45, 2.75) is 0 Å². The van der Waals surface area contributed by atoms with Gasteiger partial charge in [0.25, 0.3) is 0 Å². The molecule has 4 rings (SSSR count). The van der Waals surface area contributed by atoms with Crippen molar-refractivity contribution in [1.82, 2.24) is 20.2 Å². The number of hydrogen-bond donors (Lipinski definition) is 0. The second-order valence-electron chi connectivity index (χ2n) is 4.20. The van der Waals surface area contributed by atoms with Gasteiger partial charge in [-0.1, -0.05) is 42.5 Å². The third-order valence-corrected chi connectivity index (χ3v) is 2.87. The van der Waals surface area contributed by atoms with Crippen LogP contribution in [-0.4, -0.2) is 20.2 Å². The summed E-state index contributed by atoms with van der Waals surface area (Å²) in [5.41, 5.74) is 0.998. The molecule has 0 amide bonds. The summed E-state index contributed by atoms with van der Waals surface area (Å²) < 4.78 is 0. The van der Waals surface area contributed by atoms with Crippen LogP contribution in [0, 0.1) is 0 Å². The first-order valence-electron chi connectivity index (χ1n) is 6.24. The molecule has 0 N–H and O–H groups in total. The van der Waals surface area contributed by atoms with Crippen LogP contribution >= 0.6 is 0 Å². The monoisotopic (exact) mass is 260 g/mol. The molecule has 2 heterocycles. The fourth-order valence-electron chi connectivity index (χ4n) is 1.86. The van der Waals surface area contributed by atoms with Crippen molar-refractivity contribution in [2.75, 3.05) is 0 Å². The minimum atomic E-state index is 0.998. The van der Waals surface area contributed by atoms with Gasteiger partial charge in [-0.15, -0.1) is 0 Å². The Kier molecular flexibility index (Phi) is 3.55. The van der Waals surface area contributed by atoms with Crippen molar-refractivity contribution in [1.29, 1.82) is 0 Å². The van der Waals surface area contributed by atoms with Gasteiger partial charge in [-0.25, -0.2) is 9.97 Å². The van der Waals surface area contributed by atoms with E-state index in [4.69, 9.17) is 0 Å². The number of rotatable bonds is 0. The van der Waals surface area contributed by atoms with Gasteiger partial charge in [0.05, 0.1) is 17.9 Å². The van der Waals surface area contributed by atoms with Gasteiger partial charge in [-0.3, -0.25) is 0 Å². The molecular weight excluding hydrogens is 248 g/mol. The highest BCUT2D eigenvalue weighted by molar-refractivity contribution is 5.80. The Labute approximate surface area is 116 Å². The summed E-state index contributed by atoms with van der Waals surface area (Å²) in [6.45, 7) is 0. The van der Waals surface area contributed by atoms with Gasteiger partial charge in [0.1, 0.15) is 6.33 Å². The molecule has 0 fully saturated rings. The van der Waals surface area contributed by atoms with Gasteiger partial charge in [-0.2, -0.15) is 10.2 Å². The molecule has 0 bridgehead atoms. The molecule has 2 aromatic heterocycles. The predicted octanol–water partition coefficient (Wildman–Crippen LogP) is 3.26. The normalized spacial score (nSPS) is 10.0. The second-order valence-corrected chi connectivity index (χ2v) is 4.20. The maximum absolute atomic E-state index is 4.07. The number of para-hydroxylation sites is 1. The Bertz CT molecular complexity index is 628. The van der Waals surface area contributed by atoms with Gasteiger partial charge in [0.2, 0.25) is 0 Å². The van der Waals surface area contributed by atoms with Crippen molar-refractivity contribution in [2.24, 2.45) is 0 Å². The molecule has 0 saturated carbocycles. The first-order chi connectivity index (χ1) is 9.93. The first-order valence-corrected chi connectivity index (χ1v) is 6.24. The van der Waals surface area contributed by atoms with Crippen molar-refractivity contribution >= 4 is 21.7 Å². The summed E-state index contributed by atoms with van der Waals surface area (Å²) in [6, 6.07) is 15.9. The standard InChI is InChI=1S/2C8H6N2/c1-2-4-8-7(3-1)5-9-6-10-8;1-2-4-8-6-10-9-5-7(8)3-1/h2*1-6H. The Morgan fingerprint density at radius 3 is 1.85 bits per heavy atom. The molecule has 4 nitrogen and oxygen atoms in total. The zero-order valence-electron chi connectivity index (χ0n) is 10.7. The van der Waals surface area contributed by atoms with Gasteiger partial charge in [0.15, 0.2) is 0 Å². The smallest absolute Gasteiger partial charge is 0.116 e. The SMILES string of the molecule is c1ccc2cnncc2c1.c1ccc2ncncc2c1. The molecular formula is C16H12N4. The third kappa shape index (κ3) is 2.75. The largest absolute Gasteiger partial charge is 0.244 e. The van der Waals surface area contributed by atoms with Crippen molar-refractivity contribution < 1.29 is 0 Å². The maximum Gasteiger partial charge on any atom is 0.116 e. The summed E-state index contributed by atoms with van der Waals surface area (Å²) >= 11 is 0. The van der Waals surface area contributed by atoms with Crippen LogP contribution in [0.4, 0.5) is 0 Å². The van der Waals surface area contributed by atoms with Crippen molar-refractivity contribution in [3.8, 4) is 0 Å². The Morgan fingerprint density at radius 2 is 1.20 bits per heavy atom. The summed E-state index contributed by atoms with van der Waals surface area (Å²) in [4.78, 5) is 7.97. The molecule has 0 aliphatic rings. The number of aromatic nitrogens is 4. The van der Waals surface area contributed by atoms with E-state index in [9.17, 15) is 0 Å². The molecule has 4 heteroatoms. The molecule has 0 atom stereocenters. The van der Waals surface area contributed by atoms with Crippen LogP contribution in [0.1, 0.15) is 0 Å². The van der Waals surface area contributed by atoms with E-state index < -0.39 is 0 Å². The highest BCUT2D eigenvalue weighted by Gasteiger charge is 1.88. The van der Waals surface area contributed by atoms with Gasteiger partial charge < -0.3 is 0 Å². The van der Waals surface area contributed by atoms with Crippen molar-refractivity contribution in [3.05, 3.63) is 73.4 Å². The molecule has 0 aliphatic carbocycles. The van der Waals surface area contributed by atoms with E-state index in [-0.39, 0.29) is 0 Å². The van der Waals surface area contributed by atoms with E-state index in [1.54, 1.807) is 18.7 Å². The summed E-state index contributed by atoms with van der Waals surface area (Å²) in [5.74, 6) is 0. The molecule has 0 radical (unpaired) electrons. The zero-order chi connectivity index (χ0) is 13.6. The molecule has 0 aliphatic heterocycles. The number of hydrogen-bond acceptors (Lipinski definition) is 4. The van der Waals surface area contributed by atoms with Crippen LogP contribution in [0.5, 0.6) is 0 Å². The predicted molar refractivity (Wildman–Crippen MR) is 79.1 cm³/mol. The lowest BCUT2D eigenvalue weighted by molar-refractivity contribution is 1.05. The van der Waals surface area contributed by atoms with E-state index in [0.29, 0.717) is 0 Å². The zero-order valence-corrected chi connectivity index (χ0v) is 10.7. The molecule has 4 aromatic rings. The lowest BCUT2D eigenvalue weighted by Gasteiger charge is -1.90. The fourth-order valence-corrected chi connectivity index (χ4v) is 1.86. The Morgan fingerprint density at radius 1 is 0.600 bits per heavy atom. The summed E-state index contributed by atoms with van der Waals surface area (Å²) in [5, 5.41) is 10.9. The van der Waals surface area contributed by atoms with E-state index >= 15 is 0 Å². The van der Waals surface area contributed by atoms with Gasteiger partial charge >= 0.3 is 0 Å². The number of fused-ring (bicyclic) bond motifs is 2. The topological polar surface area (TPSA) is 51.6 Å². The molecule has 0 saturated heterocycles. The lowest BCUT2D eigenvalue weighted by Crippen LogP contribution is -1.77. The van der Waals surface area contributed by atoms with Crippen molar-refractivity contribution in [3.63, 3.8) is 0 Å². The fraction of sp³-hybridized carbons (Fsp3) is 0. The molecule has 2 aromatic carbocycles. The quantitative estimate of drug-likeness (QED) is 0.487. The lowest BCUT2D eigenvalue weighted by atomic mass is 10.2. The van der Waals surface area contributed by atoms with Gasteiger partial charge in [-0.05, 0) is 6.07 Å². The Hall–Kier alpha value is -2.88. The second kappa shape index (κ2) is 5.84. The average molecular weight is 260 g/mol. The molecule has 0 spiro atoms. The van der Waals surface area contributed by atoms with E-state index in [0.717, 1.165) is 21.7 Å². The third-order valence-electron chi connectivity index (χ3n) is 2.87. The average Bonchev–Trinajstić information content (AvgIpc) is 2.56. The van der Waals surface area contributed by atoms with E-state index in [2.05, 4.69) is 20.2 Å². The van der Waals surface area contributed by atoms with Crippen LogP contribution in [0.25, 0.3) is 21.7 Å².